The quantitative estimate of drug-likeness (QED) is 0.698. The van der Waals surface area contributed by atoms with Crippen molar-refractivity contribution < 1.29 is 4.79 Å². The van der Waals surface area contributed by atoms with Gasteiger partial charge in [-0.1, -0.05) is 13.8 Å². The second-order valence-electron chi connectivity index (χ2n) is 4.89. The number of nitrogens with zero attached hydrogens (tertiary/aromatic N) is 2. The normalized spacial score (nSPS) is 12.3. The summed E-state index contributed by atoms with van der Waals surface area (Å²) < 4.78 is 0. The van der Waals surface area contributed by atoms with Crippen LogP contribution in [0.25, 0.3) is 0 Å². The van der Waals surface area contributed by atoms with E-state index in [-0.39, 0.29) is 24.3 Å². The summed E-state index contributed by atoms with van der Waals surface area (Å²) in [6.45, 7) is 8.90. The number of nitrogens with one attached hydrogen (secondary N) is 2. The van der Waals surface area contributed by atoms with Crippen LogP contribution in [0.4, 0.5) is 11.6 Å². The molecule has 0 aliphatic carbocycles. The van der Waals surface area contributed by atoms with Gasteiger partial charge in [-0.25, -0.2) is 9.97 Å². The molecule has 6 heteroatoms. The van der Waals surface area contributed by atoms with Gasteiger partial charge in [-0.2, -0.15) is 0 Å². The zero-order chi connectivity index (χ0) is 14.4. The molecule has 19 heavy (non-hydrogen) atoms. The molecule has 1 amide bonds. The monoisotopic (exact) mass is 265 g/mol. The Labute approximate surface area is 114 Å². The number of carbonyl (C=O) groups excluding carboxylic acids is 1. The third-order valence-electron chi connectivity index (χ3n) is 2.70. The van der Waals surface area contributed by atoms with Crippen LogP contribution in [0.15, 0.2) is 6.33 Å². The van der Waals surface area contributed by atoms with Crippen molar-refractivity contribution in [3.05, 3.63) is 11.9 Å². The first-order valence-electron chi connectivity index (χ1n) is 6.59. The van der Waals surface area contributed by atoms with E-state index >= 15 is 0 Å². The fraction of sp³-hybridized carbons (Fsp3) is 0.615. The van der Waals surface area contributed by atoms with E-state index in [1.54, 1.807) is 0 Å². The van der Waals surface area contributed by atoms with Crippen LogP contribution >= 0.6 is 0 Å². The van der Waals surface area contributed by atoms with E-state index in [9.17, 15) is 4.79 Å². The molecule has 106 valence electrons. The molecule has 0 aliphatic rings. The first-order chi connectivity index (χ1) is 8.95. The van der Waals surface area contributed by atoms with E-state index in [1.807, 2.05) is 13.8 Å². The molecule has 6 nitrogen and oxygen atoms in total. The molecule has 1 aromatic rings. The third kappa shape index (κ3) is 4.39. The number of hydrogen-bond acceptors (Lipinski definition) is 5. The largest absolute Gasteiger partial charge is 0.370 e. The van der Waals surface area contributed by atoms with Gasteiger partial charge in [-0.3, -0.25) is 4.79 Å². The maximum atomic E-state index is 10.9. The summed E-state index contributed by atoms with van der Waals surface area (Å²) in [5.74, 6) is 1.54. The van der Waals surface area contributed by atoms with E-state index in [0.29, 0.717) is 0 Å². The van der Waals surface area contributed by atoms with E-state index in [0.717, 1.165) is 23.7 Å². The summed E-state index contributed by atoms with van der Waals surface area (Å²) in [6.07, 6.45) is 1.79. The molecule has 1 heterocycles. The van der Waals surface area contributed by atoms with Crippen molar-refractivity contribution in [2.75, 3.05) is 17.2 Å². The number of carbonyl (C=O) groups is 1. The van der Waals surface area contributed by atoms with Gasteiger partial charge in [0.1, 0.15) is 18.0 Å². The summed E-state index contributed by atoms with van der Waals surface area (Å²) >= 11 is 0. The first kappa shape index (κ1) is 15.2. The Hall–Kier alpha value is -1.85. The van der Waals surface area contributed by atoms with Crippen LogP contribution in [0.1, 0.15) is 45.6 Å². The minimum Gasteiger partial charge on any atom is -0.370 e. The van der Waals surface area contributed by atoms with Gasteiger partial charge in [-0.05, 0) is 19.8 Å². The van der Waals surface area contributed by atoms with Crippen molar-refractivity contribution in [2.24, 2.45) is 5.73 Å². The minimum absolute atomic E-state index is 0.0561. The molecule has 1 aromatic heterocycles. The third-order valence-corrected chi connectivity index (χ3v) is 2.70. The van der Waals surface area contributed by atoms with Gasteiger partial charge in [0.25, 0.3) is 0 Å². The number of nitrogens with two attached hydrogens (primary N) is 1. The van der Waals surface area contributed by atoms with Crippen molar-refractivity contribution in [2.45, 2.75) is 46.1 Å². The van der Waals surface area contributed by atoms with Gasteiger partial charge in [0.05, 0.1) is 0 Å². The molecule has 0 fully saturated rings. The van der Waals surface area contributed by atoms with Crippen LogP contribution in [0, 0.1) is 0 Å². The van der Waals surface area contributed by atoms with Crippen molar-refractivity contribution >= 4 is 17.5 Å². The van der Waals surface area contributed by atoms with Gasteiger partial charge in [0.15, 0.2) is 0 Å². The van der Waals surface area contributed by atoms with Crippen LogP contribution in [-0.4, -0.2) is 28.5 Å². The molecule has 0 saturated heterocycles. The molecule has 0 saturated carbocycles. The lowest BCUT2D eigenvalue weighted by atomic mass is 10.0. The molecule has 0 aliphatic heterocycles. The molecule has 0 spiro atoms. The average Bonchev–Trinajstić information content (AvgIpc) is 2.27. The zero-order valence-electron chi connectivity index (χ0n) is 12.0. The molecule has 1 rings (SSSR count). The molecule has 1 atom stereocenters. The summed E-state index contributed by atoms with van der Waals surface area (Å²) in [4.78, 5) is 19.5. The van der Waals surface area contributed by atoms with Crippen LogP contribution in [0.2, 0.25) is 0 Å². The standard InChI is InChI=1S/C13H23N5O/c1-5-15-12-11(8(2)3)13(17-7-16-12)18-9(4)6-10(14)19/h7-9H,5-6H2,1-4H3,(H2,14,19)(H2,15,16,17,18). The number of aromatic nitrogens is 2. The first-order valence-corrected chi connectivity index (χ1v) is 6.59. The number of hydrogen-bond donors (Lipinski definition) is 3. The van der Waals surface area contributed by atoms with Crippen LogP contribution < -0.4 is 16.4 Å². The van der Waals surface area contributed by atoms with Gasteiger partial charge in [0, 0.05) is 24.6 Å². The van der Waals surface area contributed by atoms with Crippen molar-refractivity contribution in [3.63, 3.8) is 0 Å². The second-order valence-corrected chi connectivity index (χ2v) is 4.89. The second kappa shape index (κ2) is 6.92. The predicted octanol–water partition coefficient (Wildman–Crippen LogP) is 1.71. The number of amides is 1. The molecule has 4 N–H and O–H groups in total. The lowest BCUT2D eigenvalue weighted by Crippen LogP contribution is -2.25. The molecule has 0 aromatic carbocycles. The maximum absolute atomic E-state index is 10.9. The van der Waals surface area contributed by atoms with Gasteiger partial charge < -0.3 is 16.4 Å². The van der Waals surface area contributed by atoms with E-state index in [4.69, 9.17) is 5.73 Å². The Morgan fingerprint density at radius 1 is 1.32 bits per heavy atom. The van der Waals surface area contributed by atoms with Crippen molar-refractivity contribution in [1.29, 1.82) is 0 Å². The summed E-state index contributed by atoms with van der Waals surface area (Å²) in [6, 6.07) is -0.0561. The van der Waals surface area contributed by atoms with Crippen molar-refractivity contribution in [1.82, 2.24) is 9.97 Å². The SMILES string of the molecule is CCNc1ncnc(NC(C)CC(N)=O)c1C(C)C. The Kier molecular flexibility index (Phi) is 5.54. The van der Waals surface area contributed by atoms with E-state index in [1.165, 1.54) is 6.33 Å². The number of anilines is 2. The van der Waals surface area contributed by atoms with Crippen LogP contribution in [-0.2, 0) is 4.79 Å². The fourth-order valence-corrected chi connectivity index (χ4v) is 1.95. The van der Waals surface area contributed by atoms with Gasteiger partial charge in [0.2, 0.25) is 5.91 Å². The highest BCUT2D eigenvalue weighted by Gasteiger charge is 2.16. The van der Waals surface area contributed by atoms with Gasteiger partial charge in [-0.15, -0.1) is 0 Å². The minimum atomic E-state index is -0.327. The predicted molar refractivity (Wildman–Crippen MR) is 77.2 cm³/mol. The molecule has 0 radical (unpaired) electrons. The summed E-state index contributed by atoms with van der Waals surface area (Å²) in [5, 5.41) is 6.46. The highest BCUT2D eigenvalue weighted by molar-refractivity contribution is 5.75. The lowest BCUT2D eigenvalue weighted by Gasteiger charge is -2.20. The van der Waals surface area contributed by atoms with Crippen LogP contribution in [0.3, 0.4) is 0 Å². The maximum Gasteiger partial charge on any atom is 0.219 e. The lowest BCUT2D eigenvalue weighted by molar-refractivity contribution is -0.118. The summed E-state index contributed by atoms with van der Waals surface area (Å²) in [7, 11) is 0. The Morgan fingerprint density at radius 2 is 1.95 bits per heavy atom. The van der Waals surface area contributed by atoms with Gasteiger partial charge >= 0.3 is 0 Å². The number of rotatable bonds is 7. The zero-order valence-corrected chi connectivity index (χ0v) is 12.0. The Balaban J connectivity index is 2.99. The average molecular weight is 265 g/mol. The van der Waals surface area contributed by atoms with E-state index < -0.39 is 0 Å². The highest BCUT2D eigenvalue weighted by atomic mass is 16.1. The fourth-order valence-electron chi connectivity index (χ4n) is 1.95. The molecular weight excluding hydrogens is 242 g/mol. The van der Waals surface area contributed by atoms with E-state index in [2.05, 4.69) is 34.4 Å². The summed E-state index contributed by atoms with van der Waals surface area (Å²) in [5.41, 5.74) is 6.23. The van der Waals surface area contributed by atoms with Crippen molar-refractivity contribution in [3.8, 4) is 0 Å². The topological polar surface area (TPSA) is 92.9 Å². The molecule has 0 bridgehead atoms. The number of primary amides is 1. The molecule has 1 unspecified atom stereocenters. The van der Waals surface area contributed by atoms with Crippen LogP contribution in [0.5, 0.6) is 0 Å². The molecular formula is C13H23N5O. The Morgan fingerprint density at radius 3 is 2.47 bits per heavy atom. The highest BCUT2D eigenvalue weighted by Crippen LogP contribution is 2.28. The smallest absolute Gasteiger partial charge is 0.219 e. The Bertz CT molecular complexity index is 433.